The molecule has 0 fully saturated rings. The zero-order chi connectivity index (χ0) is 26.0. The molecule has 0 aliphatic carbocycles. The van der Waals surface area contributed by atoms with E-state index in [9.17, 15) is 24.3 Å². The van der Waals surface area contributed by atoms with Gasteiger partial charge in [0.25, 0.3) is 0 Å². The first-order chi connectivity index (χ1) is 16.6. The van der Waals surface area contributed by atoms with Gasteiger partial charge < -0.3 is 25.5 Å². The molecule has 0 spiro atoms. The molecule has 0 saturated carbocycles. The molecule has 2 rings (SSSR count). The van der Waals surface area contributed by atoms with Crippen molar-refractivity contribution in [3.05, 3.63) is 36.0 Å². The molecule has 2 aromatic rings. The molecule has 9 nitrogen and oxygen atoms in total. The fraction of sp³-hybridized carbons (Fsp3) is 0.520. The number of para-hydroxylation sites is 1. The Morgan fingerprint density at radius 2 is 1.74 bits per heavy atom. The van der Waals surface area contributed by atoms with Crippen LogP contribution in [0.5, 0.6) is 0 Å². The normalized spacial score (nSPS) is 13.7. The van der Waals surface area contributed by atoms with Crippen LogP contribution in [0.15, 0.2) is 30.5 Å². The first-order valence-electron chi connectivity index (χ1n) is 11.8. The van der Waals surface area contributed by atoms with Gasteiger partial charge in [-0.15, -0.1) is 0 Å². The summed E-state index contributed by atoms with van der Waals surface area (Å²) in [6, 6.07) is 5.49. The first kappa shape index (κ1) is 28.2. The van der Waals surface area contributed by atoms with Crippen molar-refractivity contribution in [2.24, 2.45) is 5.92 Å². The summed E-state index contributed by atoms with van der Waals surface area (Å²) in [4.78, 5) is 51.9. The highest BCUT2D eigenvalue weighted by molar-refractivity contribution is 7.81. The summed E-state index contributed by atoms with van der Waals surface area (Å²) in [5.74, 6) is -2.34. The zero-order valence-corrected chi connectivity index (χ0v) is 21.3. The molecule has 0 aliphatic heterocycles. The zero-order valence-electron chi connectivity index (χ0n) is 20.4. The monoisotopic (exact) mass is 505 g/mol. The number of ether oxygens (including phenoxy) is 1. The third kappa shape index (κ3) is 8.93. The molecule has 2 amide bonds. The van der Waals surface area contributed by atoms with E-state index >= 15 is 0 Å². The number of hydrogen-bond acceptors (Lipinski definition) is 6. The van der Waals surface area contributed by atoms with Crippen LogP contribution in [0, 0.1) is 5.92 Å². The number of aromatic amines is 1. The Hall–Kier alpha value is -3.01. The van der Waals surface area contributed by atoms with E-state index < -0.39 is 35.1 Å². The lowest BCUT2D eigenvalue weighted by atomic mass is 10.0. The Kier molecular flexibility index (Phi) is 11.1. The minimum absolute atomic E-state index is 0.0846. The number of carboxylic acids is 1. The van der Waals surface area contributed by atoms with Gasteiger partial charge >= 0.3 is 11.9 Å². The molecule has 1 aromatic heterocycles. The molecule has 3 atom stereocenters. The Labute approximate surface area is 210 Å². The number of carbonyl (C=O) groups is 4. The Morgan fingerprint density at radius 3 is 2.40 bits per heavy atom. The number of nitrogens with one attached hydrogen (secondary N) is 3. The van der Waals surface area contributed by atoms with Crippen molar-refractivity contribution in [2.75, 3.05) is 7.11 Å². The van der Waals surface area contributed by atoms with Crippen molar-refractivity contribution < 1.29 is 29.0 Å². The minimum atomic E-state index is -1.16. The topological polar surface area (TPSA) is 138 Å². The van der Waals surface area contributed by atoms with Crippen molar-refractivity contribution >= 4 is 47.3 Å². The smallest absolute Gasteiger partial charge is 0.326 e. The number of methoxy groups -OCH3 is 1. The highest BCUT2D eigenvalue weighted by atomic mass is 32.1. The summed E-state index contributed by atoms with van der Waals surface area (Å²) < 4.78 is 4.60. The number of thiol groups is 1. The number of unbranched alkanes of at least 4 members (excludes halogenated alkanes) is 1. The average molecular weight is 506 g/mol. The van der Waals surface area contributed by atoms with E-state index in [0.717, 1.165) is 16.5 Å². The fourth-order valence-electron chi connectivity index (χ4n) is 3.80. The van der Waals surface area contributed by atoms with Gasteiger partial charge in [-0.3, -0.25) is 14.4 Å². The predicted molar refractivity (Wildman–Crippen MR) is 136 cm³/mol. The molecular formula is C25H35N3O6S. The molecule has 1 unspecified atom stereocenters. The molecule has 1 aromatic carbocycles. The third-order valence-corrected chi connectivity index (χ3v) is 6.19. The van der Waals surface area contributed by atoms with E-state index in [2.05, 4.69) is 33.0 Å². The van der Waals surface area contributed by atoms with Gasteiger partial charge in [0.15, 0.2) is 0 Å². The minimum Gasteiger partial charge on any atom is -0.480 e. The second-order valence-corrected chi connectivity index (χ2v) is 9.61. The standard InChI is InChI=1S/C25H35N3O6S/c1-15(2)12-19(27-24(31)21(35)10-6-7-11-22(29)34-3)23(30)28-20(25(32)33)13-16-14-26-18-9-5-4-8-17(16)18/h4-5,8-9,14-15,19-21,26,35H,6-7,10-13H2,1-3H3,(H,27,31)(H,28,30)(H,32,33)/t19-,20-,21?/m0/s1. The Balaban J connectivity index is 2.00. The van der Waals surface area contributed by atoms with Gasteiger partial charge in [0, 0.05) is 29.9 Å². The van der Waals surface area contributed by atoms with Gasteiger partial charge in [0.1, 0.15) is 12.1 Å². The molecular weight excluding hydrogens is 470 g/mol. The number of H-pyrrole nitrogens is 1. The van der Waals surface area contributed by atoms with E-state index in [1.807, 2.05) is 38.1 Å². The second kappa shape index (κ2) is 13.8. The number of carbonyl (C=O) groups excluding carboxylic acids is 3. The first-order valence-corrected chi connectivity index (χ1v) is 12.3. The second-order valence-electron chi connectivity index (χ2n) is 8.99. The molecule has 0 saturated heterocycles. The van der Waals surface area contributed by atoms with E-state index in [-0.39, 0.29) is 24.7 Å². The van der Waals surface area contributed by atoms with Gasteiger partial charge in [-0.2, -0.15) is 12.6 Å². The summed E-state index contributed by atoms with van der Waals surface area (Å²) in [7, 11) is 1.33. The van der Waals surface area contributed by atoms with E-state index in [1.165, 1.54) is 7.11 Å². The number of aliphatic carboxylic acids is 1. The van der Waals surface area contributed by atoms with Crippen LogP contribution in [0.1, 0.15) is 51.5 Å². The number of amides is 2. The molecule has 4 N–H and O–H groups in total. The molecule has 35 heavy (non-hydrogen) atoms. The molecule has 0 bridgehead atoms. The van der Waals surface area contributed by atoms with E-state index in [0.29, 0.717) is 25.7 Å². The number of benzene rings is 1. The lowest BCUT2D eigenvalue weighted by Gasteiger charge is -2.24. The maximum absolute atomic E-state index is 13.0. The largest absolute Gasteiger partial charge is 0.480 e. The lowest BCUT2D eigenvalue weighted by Crippen LogP contribution is -2.53. The summed E-state index contributed by atoms with van der Waals surface area (Å²) in [6.07, 6.45) is 4.06. The molecule has 10 heteroatoms. The third-order valence-electron chi connectivity index (χ3n) is 5.69. The van der Waals surface area contributed by atoms with Crippen LogP contribution in [0.4, 0.5) is 0 Å². The maximum Gasteiger partial charge on any atom is 0.326 e. The highest BCUT2D eigenvalue weighted by Gasteiger charge is 2.29. The van der Waals surface area contributed by atoms with Gasteiger partial charge in [0.2, 0.25) is 11.8 Å². The van der Waals surface area contributed by atoms with Crippen LogP contribution < -0.4 is 10.6 Å². The van der Waals surface area contributed by atoms with Crippen molar-refractivity contribution in [2.45, 2.75) is 69.7 Å². The van der Waals surface area contributed by atoms with Crippen molar-refractivity contribution in [1.82, 2.24) is 15.6 Å². The number of fused-ring (bicyclic) bond motifs is 1. The number of hydrogen-bond donors (Lipinski definition) is 5. The number of carboxylic acid groups (broad SMARTS) is 1. The van der Waals surface area contributed by atoms with Crippen molar-refractivity contribution in [1.29, 1.82) is 0 Å². The quantitative estimate of drug-likeness (QED) is 0.152. The van der Waals surface area contributed by atoms with Crippen LogP contribution in [-0.2, 0) is 30.3 Å². The fourth-order valence-corrected chi connectivity index (χ4v) is 4.06. The van der Waals surface area contributed by atoms with Crippen LogP contribution in [0.2, 0.25) is 0 Å². The van der Waals surface area contributed by atoms with Gasteiger partial charge in [-0.1, -0.05) is 38.5 Å². The van der Waals surface area contributed by atoms with Gasteiger partial charge in [-0.05, 0) is 36.8 Å². The number of aromatic nitrogens is 1. The molecule has 1 heterocycles. The Bertz CT molecular complexity index is 1020. The van der Waals surface area contributed by atoms with Gasteiger partial charge in [0.05, 0.1) is 12.4 Å². The van der Waals surface area contributed by atoms with E-state index in [4.69, 9.17) is 0 Å². The SMILES string of the molecule is COC(=O)CCCCC(S)C(=O)N[C@@H](CC(C)C)C(=O)N[C@@H](Cc1c[nH]c2ccccc12)C(=O)O. The van der Waals surface area contributed by atoms with Crippen LogP contribution in [0.3, 0.4) is 0 Å². The van der Waals surface area contributed by atoms with Crippen molar-refractivity contribution in [3.63, 3.8) is 0 Å². The predicted octanol–water partition coefficient (Wildman–Crippen LogP) is 2.84. The lowest BCUT2D eigenvalue weighted by molar-refractivity contribution is -0.142. The summed E-state index contributed by atoms with van der Waals surface area (Å²) in [6.45, 7) is 3.83. The summed E-state index contributed by atoms with van der Waals surface area (Å²) >= 11 is 4.34. The van der Waals surface area contributed by atoms with E-state index in [1.54, 1.807) is 6.20 Å². The number of esters is 1. The van der Waals surface area contributed by atoms with Crippen molar-refractivity contribution in [3.8, 4) is 0 Å². The van der Waals surface area contributed by atoms with Crippen LogP contribution in [0.25, 0.3) is 10.9 Å². The molecule has 0 radical (unpaired) electrons. The van der Waals surface area contributed by atoms with Crippen LogP contribution in [-0.4, -0.2) is 58.3 Å². The highest BCUT2D eigenvalue weighted by Crippen LogP contribution is 2.19. The average Bonchev–Trinajstić information content (AvgIpc) is 3.22. The number of rotatable bonds is 14. The Morgan fingerprint density at radius 1 is 1.06 bits per heavy atom. The summed E-state index contributed by atoms with van der Waals surface area (Å²) in [5.41, 5.74) is 1.66. The molecule has 0 aliphatic rings. The van der Waals surface area contributed by atoms with Crippen LogP contribution >= 0.6 is 12.6 Å². The maximum atomic E-state index is 13.0. The summed E-state index contributed by atoms with van der Waals surface area (Å²) in [5, 5.41) is 15.3. The van der Waals surface area contributed by atoms with Gasteiger partial charge in [-0.25, -0.2) is 4.79 Å². The molecule has 192 valence electrons.